The summed E-state index contributed by atoms with van der Waals surface area (Å²) in [5.41, 5.74) is 0.926. The fraction of sp³-hybridized carbons (Fsp3) is 0.500. The first-order valence-corrected chi connectivity index (χ1v) is 5.57. The van der Waals surface area contributed by atoms with Crippen LogP contribution in [0.3, 0.4) is 0 Å². The van der Waals surface area contributed by atoms with Gasteiger partial charge in [-0.15, -0.1) is 0 Å². The summed E-state index contributed by atoms with van der Waals surface area (Å²) in [7, 11) is 0. The summed E-state index contributed by atoms with van der Waals surface area (Å²) in [6.45, 7) is -0.0494. The molecule has 0 aromatic heterocycles. The molecule has 3 rings (SSSR count). The Morgan fingerprint density at radius 3 is 2.71 bits per heavy atom. The highest BCUT2D eigenvalue weighted by Crippen LogP contribution is 2.40. The summed E-state index contributed by atoms with van der Waals surface area (Å²) < 4.78 is 11.0. The Labute approximate surface area is 98.2 Å². The van der Waals surface area contributed by atoms with Gasteiger partial charge in [-0.2, -0.15) is 0 Å². The van der Waals surface area contributed by atoms with Crippen LogP contribution >= 0.6 is 0 Å². The predicted octanol–water partition coefficient (Wildman–Crippen LogP) is -0.569. The zero-order chi connectivity index (χ0) is 12.0. The summed E-state index contributed by atoms with van der Waals surface area (Å²) >= 11 is 0. The Hall–Kier alpha value is -1.14. The van der Waals surface area contributed by atoms with Gasteiger partial charge >= 0.3 is 0 Å². The van der Waals surface area contributed by atoms with Crippen molar-refractivity contribution in [2.75, 3.05) is 6.61 Å². The van der Waals surface area contributed by atoms with E-state index in [2.05, 4.69) is 0 Å². The summed E-state index contributed by atoms with van der Waals surface area (Å²) in [6.07, 6.45) is -3.23. The van der Waals surface area contributed by atoms with Gasteiger partial charge in [0.05, 0.1) is 6.61 Å². The number of hydrogen-bond donors (Lipinski definition) is 3. The fourth-order valence-corrected chi connectivity index (χ4v) is 2.36. The van der Waals surface area contributed by atoms with E-state index in [0.717, 1.165) is 5.56 Å². The topological polar surface area (TPSA) is 79.2 Å². The second-order valence-electron chi connectivity index (χ2n) is 4.51. The van der Waals surface area contributed by atoms with Gasteiger partial charge in [0.2, 0.25) is 5.79 Å². The van der Waals surface area contributed by atoms with Crippen molar-refractivity contribution in [1.29, 1.82) is 0 Å². The zero-order valence-corrected chi connectivity index (χ0v) is 9.11. The van der Waals surface area contributed by atoms with Crippen molar-refractivity contribution in [2.24, 2.45) is 0 Å². The molecule has 0 bridgehead atoms. The van der Waals surface area contributed by atoms with Gasteiger partial charge in [0, 0.05) is 12.0 Å². The van der Waals surface area contributed by atoms with Gasteiger partial charge in [-0.05, 0) is 6.07 Å². The van der Waals surface area contributed by atoms with E-state index in [1.54, 1.807) is 6.07 Å². The van der Waals surface area contributed by atoms with E-state index in [1.807, 2.05) is 18.2 Å². The highest BCUT2D eigenvalue weighted by molar-refractivity contribution is 5.39. The average Bonchev–Trinajstić information content (AvgIpc) is 2.71. The van der Waals surface area contributed by atoms with Crippen LogP contribution < -0.4 is 4.74 Å². The fourth-order valence-electron chi connectivity index (χ4n) is 2.36. The van der Waals surface area contributed by atoms with Crippen molar-refractivity contribution in [2.45, 2.75) is 30.5 Å². The molecule has 4 atom stereocenters. The molecular weight excluding hydrogens is 224 g/mol. The Morgan fingerprint density at radius 2 is 1.94 bits per heavy atom. The molecule has 1 spiro atoms. The molecular formula is C12H14O5. The van der Waals surface area contributed by atoms with Gasteiger partial charge in [-0.25, -0.2) is 0 Å². The van der Waals surface area contributed by atoms with E-state index in [9.17, 15) is 15.3 Å². The molecule has 4 unspecified atom stereocenters. The minimum Gasteiger partial charge on any atom is -0.459 e. The molecule has 1 saturated heterocycles. The van der Waals surface area contributed by atoms with Crippen LogP contribution in [-0.2, 0) is 11.2 Å². The molecule has 2 aliphatic rings. The molecule has 92 valence electrons. The Kier molecular flexibility index (Phi) is 2.38. The van der Waals surface area contributed by atoms with Crippen molar-refractivity contribution < 1.29 is 24.8 Å². The maximum absolute atomic E-state index is 10.0. The molecule has 1 aromatic rings. The Balaban J connectivity index is 1.91. The molecule has 0 saturated carbocycles. The van der Waals surface area contributed by atoms with Crippen molar-refractivity contribution in [3.8, 4) is 5.75 Å². The van der Waals surface area contributed by atoms with Gasteiger partial charge in [-0.1, -0.05) is 18.2 Å². The molecule has 5 heteroatoms. The molecule has 0 amide bonds. The minimum absolute atomic E-state index is 0.0494. The van der Waals surface area contributed by atoms with E-state index < -0.39 is 24.1 Å². The van der Waals surface area contributed by atoms with Crippen molar-refractivity contribution in [3.05, 3.63) is 29.8 Å². The van der Waals surface area contributed by atoms with Gasteiger partial charge in [-0.3, -0.25) is 0 Å². The summed E-state index contributed by atoms with van der Waals surface area (Å²) in [6, 6.07) is 7.38. The molecule has 5 nitrogen and oxygen atoms in total. The molecule has 0 aliphatic carbocycles. The number of ether oxygens (including phenoxy) is 2. The summed E-state index contributed by atoms with van der Waals surface area (Å²) in [4.78, 5) is 0. The van der Waals surface area contributed by atoms with Crippen molar-refractivity contribution >= 4 is 0 Å². The minimum atomic E-state index is -1.27. The molecule has 0 radical (unpaired) electrons. The van der Waals surface area contributed by atoms with Crippen LogP contribution in [0.4, 0.5) is 0 Å². The van der Waals surface area contributed by atoms with Gasteiger partial charge in [0.1, 0.15) is 24.1 Å². The third-order valence-corrected chi connectivity index (χ3v) is 3.36. The van der Waals surface area contributed by atoms with Gasteiger partial charge < -0.3 is 24.8 Å². The maximum Gasteiger partial charge on any atom is 0.243 e. The van der Waals surface area contributed by atoms with E-state index in [1.165, 1.54) is 0 Å². The normalized spacial score (nSPS) is 40.1. The Morgan fingerprint density at radius 1 is 1.18 bits per heavy atom. The number of aliphatic hydroxyl groups excluding tert-OH is 3. The molecule has 2 heterocycles. The molecule has 17 heavy (non-hydrogen) atoms. The van der Waals surface area contributed by atoms with E-state index in [-0.39, 0.29) is 6.61 Å². The van der Waals surface area contributed by atoms with Crippen LogP contribution in [0.2, 0.25) is 0 Å². The first-order chi connectivity index (χ1) is 8.12. The average molecular weight is 238 g/mol. The van der Waals surface area contributed by atoms with Crippen LogP contribution in [-0.4, -0.2) is 46.0 Å². The van der Waals surface area contributed by atoms with E-state index in [0.29, 0.717) is 12.2 Å². The number of fused-ring (bicyclic) bond motifs is 1. The smallest absolute Gasteiger partial charge is 0.243 e. The van der Waals surface area contributed by atoms with Crippen LogP contribution in [0.1, 0.15) is 5.56 Å². The summed E-state index contributed by atoms with van der Waals surface area (Å²) in [5.74, 6) is -0.613. The van der Waals surface area contributed by atoms with Crippen LogP contribution in [0.15, 0.2) is 24.3 Å². The maximum atomic E-state index is 10.0. The largest absolute Gasteiger partial charge is 0.459 e. The standard InChI is InChI=1S/C12H14O5/c13-8-6-16-12(11(15)10(8)14)5-7-3-1-2-4-9(7)17-12/h1-4,8,10-11,13-15H,5-6H2. The summed E-state index contributed by atoms with van der Waals surface area (Å²) in [5, 5.41) is 29.1. The first kappa shape index (κ1) is 11.0. The van der Waals surface area contributed by atoms with Crippen LogP contribution in [0.25, 0.3) is 0 Å². The molecule has 1 fully saturated rings. The lowest BCUT2D eigenvalue weighted by Crippen LogP contribution is -2.63. The van der Waals surface area contributed by atoms with E-state index >= 15 is 0 Å². The number of para-hydroxylation sites is 1. The molecule has 2 aliphatic heterocycles. The SMILES string of the molecule is OC1COC2(Cc3ccccc3O2)C(O)C1O. The lowest BCUT2D eigenvalue weighted by molar-refractivity contribution is -0.300. The van der Waals surface area contributed by atoms with Crippen molar-refractivity contribution in [3.63, 3.8) is 0 Å². The monoisotopic (exact) mass is 238 g/mol. The number of benzene rings is 1. The Bertz CT molecular complexity index is 408. The lowest BCUT2D eigenvalue weighted by atomic mass is 9.93. The van der Waals surface area contributed by atoms with Crippen LogP contribution in [0, 0.1) is 0 Å². The van der Waals surface area contributed by atoms with Crippen LogP contribution in [0.5, 0.6) is 5.75 Å². The highest BCUT2D eigenvalue weighted by atomic mass is 16.7. The van der Waals surface area contributed by atoms with Gasteiger partial charge in [0.15, 0.2) is 0 Å². The molecule has 3 N–H and O–H groups in total. The van der Waals surface area contributed by atoms with Crippen molar-refractivity contribution in [1.82, 2.24) is 0 Å². The second kappa shape index (κ2) is 3.68. The number of rotatable bonds is 0. The lowest BCUT2D eigenvalue weighted by Gasteiger charge is -2.41. The zero-order valence-electron chi connectivity index (χ0n) is 9.11. The highest BCUT2D eigenvalue weighted by Gasteiger charge is 2.54. The third-order valence-electron chi connectivity index (χ3n) is 3.36. The third kappa shape index (κ3) is 1.55. The second-order valence-corrected chi connectivity index (χ2v) is 4.51. The van der Waals surface area contributed by atoms with E-state index in [4.69, 9.17) is 9.47 Å². The molecule has 1 aromatic carbocycles. The number of aliphatic hydroxyl groups is 3. The predicted molar refractivity (Wildman–Crippen MR) is 57.5 cm³/mol. The van der Waals surface area contributed by atoms with Gasteiger partial charge in [0.25, 0.3) is 0 Å². The first-order valence-electron chi connectivity index (χ1n) is 5.57. The number of hydrogen-bond acceptors (Lipinski definition) is 5. The quantitative estimate of drug-likeness (QED) is 0.564.